The number of nitrogens with zero attached hydrogens (tertiary/aromatic N) is 1. The van der Waals surface area contributed by atoms with E-state index in [0.29, 0.717) is 11.5 Å². The lowest BCUT2D eigenvalue weighted by molar-refractivity contribution is 0.241. The monoisotopic (exact) mass is 509 g/mol. The number of fused-ring (bicyclic) bond motifs is 7. The molecular weight excluding hydrogens is 482 g/mol. The zero-order valence-electron chi connectivity index (χ0n) is 20.6. The molecular formula is C31H27NO4S. The van der Waals surface area contributed by atoms with Gasteiger partial charge in [-0.1, -0.05) is 78.4 Å². The molecule has 1 aliphatic heterocycles. The van der Waals surface area contributed by atoms with E-state index in [0.717, 1.165) is 38.2 Å². The van der Waals surface area contributed by atoms with Gasteiger partial charge in [-0.25, -0.2) is 8.42 Å². The van der Waals surface area contributed by atoms with Crippen molar-refractivity contribution in [1.82, 2.24) is 4.31 Å². The number of hydrogen-bond acceptors (Lipinski definition) is 4. The van der Waals surface area contributed by atoms with Crippen LogP contribution >= 0.6 is 0 Å². The Kier molecular flexibility index (Phi) is 6.07. The van der Waals surface area contributed by atoms with Gasteiger partial charge in [0.25, 0.3) is 0 Å². The first-order valence-corrected chi connectivity index (χ1v) is 13.8. The van der Waals surface area contributed by atoms with Crippen LogP contribution in [-0.2, 0) is 10.0 Å². The van der Waals surface area contributed by atoms with Gasteiger partial charge < -0.3 is 9.47 Å². The van der Waals surface area contributed by atoms with E-state index in [4.69, 9.17) is 9.47 Å². The predicted molar refractivity (Wildman–Crippen MR) is 148 cm³/mol. The summed E-state index contributed by atoms with van der Waals surface area (Å²) in [5.41, 5.74) is 2.93. The molecule has 0 radical (unpaired) electrons. The van der Waals surface area contributed by atoms with Gasteiger partial charge >= 0.3 is 0 Å². The van der Waals surface area contributed by atoms with E-state index in [1.807, 2.05) is 67.6 Å². The standard InChI is InChI=1S/C31H27NO4S/c1-22-10-14-25(15-11-22)37(33,34)32-18-20-35-28-16-12-23-6-2-4-8-26(23)30(28)31-27-9-5-3-7-24(27)13-17-29(31)36-21-19-32/h2-17H,18-21H2,1H3. The van der Waals surface area contributed by atoms with Crippen molar-refractivity contribution >= 4 is 31.6 Å². The Labute approximate surface area is 216 Å². The third-order valence-electron chi connectivity index (χ3n) is 6.89. The molecule has 5 aromatic rings. The van der Waals surface area contributed by atoms with E-state index in [1.165, 1.54) is 4.31 Å². The molecule has 6 rings (SSSR count). The molecule has 5 aromatic carbocycles. The Hall–Kier alpha value is -3.87. The van der Waals surface area contributed by atoms with E-state index >= 15 is 0 Å². The maximum Gasteiger partial charge on any atom is 0.243 e. The SMILES string of the molecule is Cc1ccc(S(=O)(=O)N2CCOc3ccc4ccccc4c3-c3c(ccc4ccccc34)OCC2)cc1. The van der Waals surface area contributed by atoms with E-state index < -0.39 is 10.0 Å². The molecule has 0 saturated carbocycles. The van der Waals surface area contributed by atoms with Crippen LogP contribution in [0, 0.1) is 6.92 Å². The molecule has 0 fully saturated rings. The third kappa shape index (κ3) is 4.32. The Bertz CT molecular complexity index is 1620. The lowest BCUT2D eigenvalue weighted by Crippen LogP contribution is -2.37. The minimum Gasteiger partial charge on any atom is -0.492 e. The fraction of sp³-hybridized carbons (Fsp3) is 0.161. The van der Waals surface area contributed by atoms with Crippen molar-refractivity contribution in [3.63, 3.8) is 0 Å². The van der Waals surface area contributed by atoms with E-state index in [2.05, 4.69) is 24.3 Å². The molecule has 0 saturated heterocycles. The largest absolute Gasteiger partial charge is 0.492 e. The zero-order valence-corrected chi connectivity index (χ0v) is 21.4. The molecule has 0 unspecified atom stereocenters. The molecule has 5 nitrogen and oxygen atoms in total. The summed E-state index contributed by atoms with van der Waals surface area (Å²) in [7, 11) is -3.71. The molecule has 6 heteroatoms. The number of aryl methyl sites for hydroxylation is 1. The number of ether oxygens (including phenoxy) is 2. The summed E-state index contributed by atoms with van der Waals surface area (Å²) in [5.74, 6) is 1.41. The van der Waals surface area contributed by atoms with Crippen molar-refractivity contribution in [2.75, 3.05) is 26.3 Å². The van der Waals surface area contributed by atoms with E-state index in [1.54, 1.807) is 12.1 Å². The number of hydrogen-bond donors (Lipinski definition) is 0. The molecule has 37 heavy (non-hydrogen) atoms. The molecule has 0 atom stereocenters. The van der Waals surface area contributed by atoms with Gasteiger partial charge in [0.1, 0.15) is 24.7 Å². The van der Waals surface area contributed by atoms with Gasteiger partial charge in [0.2, 0.25) is 10.0 Å². The highest BCUT2D eigenvalue weighted by atomic mass is 32.2. The van der Waals surface area contributed by atoms with Crippen molar-refractivity contribution in [1.29, 1.82) is 0 Å². The van der Waals surface area contributed by atoms with E-state index in [-0.39, 0.29) is 31.2 Å². The molecule has 186 valence electrons. The summed E-state index contributed by atoms with van der Waals surface area (Å²) in [6.07, 6.45) is 0. The van der Waals surface area contributed by atoms with Crippen molar-refractivity contribution in [2.24, 2.45) is 0 Å². The first-order valence-electron chi connectivity index (χ1n) is 12.4. The third-order valence-corrected chi connectivity index (χ3v) is 8.80. The second kappa shape index (κ2) is 9.54. The highest BCUT2D eigenvalue weighted by molar-refractivity contribution is 7.89. The summed E-state index contributed by atoms with van der Waals surface area (Å²) >= 11 is 0. The lowest BCUT2D eigenvalue weighted by atomic mass is 9.92. The van der Waals surface area contributed by atoms with Crippen molar-refractivity contribution in [3.8, 4) is 22.6 Å². The summed E-state index contributed by atoms with van der Waals surface area (Å²) < 4.78 is 41.2. The Morgan fingerprint density at radius 1 is 0.622 bits per heavy atom. The molecule has 0 N–H and O–H groups in total. The molecule has 0 aromatic heterocycles. The van der Waals surface area contributed by atoms with Gasteiger partial charge in [-0.3, -0.25) is 0 Å². The summed E-state index contributed by atoms with van der Waals surface area (Å²) in [6.45, 7) is 2.80. The van der Waals surface area contributed by atoms with Gasteiger partial charge in [-0.15, -0.1) is 0 Å². The van der Waals surface area contributed by atoms with Crippen LogP contribution in [0.25, 0.3) is 32.7 Å². The Morgan fingerprint density at radius 3 is 1.62 bits per heavy atom. The zero-order chi connectivity index (χ0) is 25.4. The van der Waals surface area contributed by atoms with Crippen LogP contribution in [0.4, 0.5) is 0 Å². The fourth-order valence-corrected chi connectivity index (χ4v) is 6.39. The van der Waals surface area contributed by atoms with Crippen molar-refractivity contribution in [3.05, 3.63) is 103 Å². The molecule has 1 heterocycles. The van der Waals surface area contributed by atoms with Crippen molar-refractivity contribution in [2.45, 2.75) is 11.8 Å². The van der Waals surface area contributed by atoms with Crippen LogP contribution < -0.4 is 9.47 Å². The average Bonchev–Trinajstić information content (AvgIpc) is 2.95. The second-order valence-electron chi connectivity index (χ2n) is 9.23. The molecule has 1 aliphatic rings. The maximum absolute atomic E-state index is 13.5. The molecule has 0 bridgehead atoms. The minimum atomic E-state index is -3.71. The van der Waals surface area contributed by atoms with Crippen LogP contribution in [0.3, 0.4) is 0 Å². The summed E-state index contributed by atoms with van der Waals surface area (Å²) in [5, 5.41) is 4.32. The summed E-state index contributed by atoms with van der Waals surface area (Å²) in [4.78, 5) is 0.269. The van der Waals surface area contributed by atoms with Crippen LogP contribution in [0.15, 0.2) is 102 Å². The Morgan fingerprint density at radius 2 is 1.11 bits per heavy atom. The number of benzene rings is 5. The van der Waals surface area contributed by atoms with Gasteiger partial charge in [0.05, 0.1) is 4.90 Å². The van der Waals surface area contributed by atoms with Gasteiger partial charge in [0.15, 0.2) is 0 Å². The van der Waals surface area contributed by atoms with Crippen LogP contribution in [-0.4, -0.2) is 39.0 Å². The number of sulfonamides is 1. The average molecular weight is 510 g/mol. The minimum absolute atomic E-state index is 0.211. The molecule has 0 aliphatic carbocycles. The van der Waals surface area contributed by atoms with Gasteiger partial charge in [-0.2, -0.15) is 4.31 Å². The second-order valence-corrected chi connectivity index (χ2v) is 11.2. The lowest BCUT2D eigenvalue weighted by Gasteiger charge is -2.22. The Balaban J connectivity index is 1.49. The van der Waals surface area contributed by atoms with Crippen LogP contribution in [0.2, 0.25) is 0 Å². The summed E-state index contributed by atoms with van der Waals surface area (Å²) in [6, 6.07) is 31.4. The van der Waals surface area contributed by atoms with E-state index in [9.17, 15) is 8.42 Å². The van der Waals surface area contributed by atoms with Gasteiger partial charge in [0, 0.05) is 24.2 Å². The number of rotatable bonds is 2. The fourth-order valence-electron chi connectivity index (χ4n) is 4.99. The maximum atomic E-state index is 13.5. The first kappa shape index (κ1) is 23.5. The van der Waals surface area contributed by atoms with Gasteiger partial charge in [-0.05, 0) is 52.7 Å². The smallest absolute Gasteiger partial charge is 0.243 e. The first-order chi connectivity index (χ1) is 18.0. The molecule has 0 spiro atoms. The quantitative estimate of drug-likeness (QED) is 0.275. The van der Waals surface area contributed by atoms with Crippen molar-refractivity contribution < 1.29 is 17.9 Å². The normalized spacial score (nSPS) is 14.7. The highest BCUT2D eigenvalue weighted by Crippen LogP contribution is 2.45. The van der Waals surface area contributed by atoms with Crippen LogP contribution in [0.1, 0.15) is 5.56 Å². The topological polar surface area (TPSA) is 55.8 Å². The predicted octanol–water partition coefficient (Wildman–Crippen LogP) is 6.43. The highest BCUT2D eigenvalue weighted by Gasteiger charge is 2.26. The molecule has 0 amide bonds. The van der Waals surface area contributed by atoms with Crippen LogP contribution in [0.5, 0.6) is 11.5 Å².